The second-order valence-electron chi connectivity index (χ2n) is 5.85. The van der Waals surface area contributed by atoms with Gasteiger partial charge >= 0.3 is 6.03 Å². The van der Waals surface area contributed by atoms with Gasteiger partial charge in [-0.25, -0.2) is 9.18 Å². The van der Waals surface area contributed by atoms with E-state index in [-0.39, 0.29) is 24.9 Å². The number of nitrogens with zero attached hydrogens (tertiary/aromatic N) is 1. The van der Waals surface area contributed by atoms with Crippen LogP contribution in [0.5, 0.6) is 5.75 Å². The highest BCUT2D eigenvalue weighted by Crippen LogP contribution is 2.22. The van der Waals surface area contributed by atoms with Gasteiger partial charge in [0.15, 0.2) is 0 Å². The Labute approximate surface area is 134 Å². The zero-order valence-corrected chi connectivity index (χ0v) is 13.2. The summed E-state index contributed by atoms with van der Waals surface area (Å²) in [4.78, 5) is 25.3. The number of nitrogens with one attached hydrogen (secondary N) is 1. The second-order valence-corrected chi connectivity index (χ2v) is 5.85. The summed E-state index contributed by atoms with van der Waals surface area (Å²) in [5.74, 6) is -0.323. The van der Waals surface area contributed by atoms with Crippen LogP contribution >= 0.6 is 0 Å². The highest BCUT2D eigenvalue weighted by atomic mass is 19.1. The number of rotatable bonds is 7. The molecule has 2 N–H and O–H groups in total. The lowest BCUT2D eigenvalue weighted by molar-refractivity contribution is -0.132. The molecule has 3 amide bonds. The number of aliphatic hydroxyl groups excluding tert-OH is 1. The number of aliphatic hydroxyl groups is 1. The van der Waals surface area contributed by atoms with Crippen molar-refractivity contribution in [3.05, 3.63) is 30.1 Å². The van der Waals surface area contributed by atoms with Crippen LogP contribution in [0.2, 0.25) is 0 Å². The van der Waals surface area contributed by atoms with E-state index in [9.17, 15) is 19.1 Å². The molecule has 0 bridgehead atoms. The summed E-state index contributed by atoms with van der Waals surface area (Å²) < 4.78 is 18.1. The third-order valence-electron chi connectivity index (χ3n) is 3.74. The van der Waals surface area contributed by atoms with E-state index in [1.165, 1.54) is 24.3 Å². The van der Waals surface area contributed by atoms with Crippen LogP contribution in [0.1, 0.15) is 26.7 Å². The van der Waals surface area contributed by atoms with Gasteiger partial charge in [0.25, 0.3) is 5.91 Å². The van der Waals surface area contributed by atoms with E-state index in [2.05, 4.69) is 5.32 Å². The molecule has 1 fully saturated rings. The number of carbonyl (C=O) groups is 2. The maximum atomic E-state index is 12.8. The smallest absolute Gasteiger partial charge is 0.325 e. The molecule has 1 aromatic carbocycles. The van der Waals surface area contributed by atoms with Gasteiger partial charge < -0.3 is 15.2 Å². The SMILES string of the molecule is CCCC1(C)NC(=O)N(CC(O)COc2ccc(F)cc2)C1=O. The first-order valence-corrected chi connectivity index (χ1v) is 7.56. The van der Waals surface area contributed by atoms with Crippen LogP contribution in [-0.4, -0.2) is 46.7 Å². The normalized spacial score (nSPS) is 22.2. The van der Waals surface area contributed by atoms with E-state index >= 15 is 0 Å². The standard InChI is InChI=1S/C16H21FN2O4/c1-3-8-16(2)14(21)19(15(22)18-16)9-12(20)10-23-13-6-4-11(17)5-7-13/h4-7,12,20H,3,8-10H2,1-2H3,(H,18,22). The lowest BCUT2D eigenvalue weighted by Gasteiger charge is -2.22. The number of benzene rings is 1. The van der Waals surface area contributed by atoms with Crippen molar-refractivity contribution >= 4 is 11.9 Å². The molecule has 0 spiro atoms. The van der Waals surface area contributed by atoms with Crippen molar-refractivity contribution < 1.29 is 23.8 Å². The lowest BCUT2D eigenvalue weighted by atomic mass is 9.96. The Balaban J connectivity index is 1.89. The maximum Gasteiger partial charge on any atom is 0.325 e. The predicted octanol–water partition coefficient (Wildman–Crippen LogP) is 1.68. The molecule has 7 heteroatoms. The highest BCUT2D eigenvalue weighted by Gasteiger charge is 2.47. The number of ether oxygens (including phenoxy) is 1. The van der Waals surface area contributed by atoms with Crippen LogP contribution in [0.3, 0.4) is 0 Å². The highest BCUT2D eigenvalue weighted by molar-refractivity contribution is 6.06. The molecule has 2 rings (SSSR count). The zero-order valence-electron chi connectivity index (χ0n) is 13.2. The summed E-state index contributed by atoms with van der Waals surface area (Å²) in [5.41, 5.74) is -0.913. The van der Waals surface area contributed by atoms with E-state index in [0.29, 0.717) is 12.2 Å². The molecule has 0 aliphatic carbocycles. The van der Waals surface area contributed by atoms with E-state index in [1.807, 2.05) is 6.92 Å². The first-order chi connectivity index (χ1) is 10.9. The van der Waals surface area contributed by atoms with Gasteiger partial charge in [-0.15, -0.1) is 0 Å². The molecule has 1 heterocycles. The minimum atomic E-state index is -1.03. The van der Waals surface area contributed by atoms with Crippen molar-refractivity contribution in [2.24, 2.45) is 0 Å². The first kappa shape index (κ1) is 17.2. The van der Waals surface area contributed by atoms with Crippen LogP contribution in [0.15, 0.2) is 24.3 Å². The minimum absolute atomic E-state index is 0.104. The molecule has 0 saturated carbocycles. The monoisotopic (exact) mass is 324 g/mol. The molecule has 1 aromatic rings. The summed E-state index contributed by atoms with van der Waals surface area (Å²) >= 11 is 0. The average molecular weight is 324 g/mol. The Bertz CT molecular complexity index is 578. The number of imide groups is 1. The van der Waals surface area contributed by atoms with Crippen molar-refractivity contribution in [2.45, 2.75) is 38.3 Å². The second kappa shape index (κ2) is 6.95. The molecule has 1 saturated heterocycles. The molecule has 23 heavy (non-hydrogen) atoms. The number of hydrogen-bond acceptors (Lipinski definition) is 4. The van der Waals surface area contributed by atoms with Crippen LogP contribution in [0.4, 0.5) is 9.18 Å². The third-order valence-corrected chi connectivity index (χ3v) is 3.74. The number of hydrogen-bond donors (Lipinski definition) is 2. The van der Waals surface area contributed by atoms with Gasteiger partial charge in [-0.05, 0) is 37.6 Å². The molecule has 1 aliphatic rings. The van der Waals surface area contributed by atoms with Crippen molar-refractivity contribution in [2.75, 3.05) is 13.2 Å². The fourth-order valence-electron chi connectivity index (χ4n) is 2.57. The average Bonchev–Trinajstić information content (AvgIpc) is 2.70. The molecular formula is C16H21FN2O4. The molecule has 0 radical (unpaired) electrons. The van der Waals surface area contributed by atoms with Crippen molar-refractivity contribution in [1.29, 1.82) is 0 Å². The van der Waals surface area contributed by atoms with Gasteiger partial charge in [-0.1, -0.05) is 13.3 Å². The Morgan fingerprint density at radius 2 is 2.00 bits per heavy atom. The van der Waals surface area contributed by atoms with Crippen LogP contribution in [-0.2, 0) is 4.79 Å². The fraction of sp³-hybridized carbons (Fsp3) is 0.500. The van der Waals surface area contributed by atoms with E-state index < -0.39 is 17.7 Å². The van der Waals surface area contributed by atoms with E-state index in [0.717, 1.165) is 11.3 Å². The quantitative estimate of drug-likeness (QED) is 0.748. The lowest BCUT2D eigenvalue weighted by Crippen LogP contribution is -2.44. The fourth-order valence-corrected chi connectivity index (χ4v) is 2.57. The van der Waals surface area contributed by atoms with Gasteiger partial charge in [0.2, 0.25) is 0 Å². The van der Waals surface area contributed by atoms with Gasteiger partial charge in [0.1, 0.15) is 29.8 Å². The summed E-state index contributed by atoms with van der Waals surface area (Å²) in [6.45, 7) is 3.36. The van der Waals surface area contributed by atoms with Gasteiger partial charge in [-0.3, -0.25) is 9.69 Å². The Hall–Kier alpha value is -2.15. The van der Waals surface area contributed by atoms with Crippen LogP contribution in [0, 0.1) is 5.82 Å². The number of urea groups is 1. The van der Waals surface area contributed by atoms with E-state index in [4.69, 9.17) is 4.74 Å². The Morgan fingerprint density at radius 3 is 2.61 bits per heavy atom. The summed E-state index contributed by atoms with van der Waals surface area (Å²) in [6.07, 6.45) is 0.266. The molecule has 126 valence electrons. The third kappa shape index (κ3) is 3.98. The topological polar surface area (TPSA) is 78.9 Å². The largest absolute Gasteiger partial charge is 0.491 e. The summed E-state index contributed by atoms with van der Waals surface area (Å²) in [6, 6.07) is 4.86. The van der Waals surface area contributed by atoms with Gasteiger partial charge in [-0.2, -0.15) is 0 Å². The predicted molar refractivity (Wildman–Crippen MR) is 81.5 cm³/mol. The summed E-state index contributed by atoms with van der Waals surface area (Å²) in [5, 5.41) is 12.6. The molecular weight excluding hydrogens is 303 g/mol. The molecule has 6 nitrogen and oxygen atoms in total. The van der Waals surface area contributed by atoms with Gasteiger partial charge in [0.05, 0.1) is 6.54 Å². The van der Waals surface area contributed by atoms with Crippen LogP contribution < -0.4 is 10.1 Å². The Kier molecular flexibility index (Phi) is 5.20. The maximum absolute atomic E-state index is 12.8. The Morgan fingerprint density at radius 1 is 1.35 bits per heavy atom. The van der Waals surface area contributed by atoms with Crippen LogP contribution in [0.25, 0.3) is 0 Å². The van der Waals surface area contributed by atoms with Crippen molar-refractivity contribution in [3.8, 4) is 5.75 Å². The molecule has 1 aliphatic heterocycles. The number of amides is 3. The number of β-amino-alcohol motifs (C(OH)–C–C–N with tert-alkyl or cyclic N) is 1. The number of carbonyl (C=O) groups excluding carboxylic acids is 2. The van der Waals surface area contributed by atoms with E-state index in [1.54, 1.807) is 6.92 Å². The minimum Gasteiger partial charge on any atom is -0.491 e. The van der Waals surface area contributed by atoms with Gasteiger partial charge in [0, 0.05) is 0 Å². The molecule has 0 aromatic heterocycles. The summed E-state index contributed by atoms with van der Waals surface area (Å²) in [7, 11) is 0. The number of halogens is 1. The van der Waals surface area contributed by atoms with Crippen molar-refractivity contribution in [3.63, 3.8) is 0 Å². The molecule has 2 atom stereocenters. The first-order valence-electron chi connectivity index (χ1n) is 7.56. The molecule has 2 unspecified atom stereocenters. The zero-order chi connectivity index (χ0) is 17.0. The van der Waals surface area contributed by atoms with Crippen molar-refractivity contribution in [1.82, 2.24) is 10.2 Å².